The molecule has 1 aliphatic carbocycles. The lowest BCUT2D eigenvalue weighted by atomic mass is 9.86. The van der Waals surface area contributed by atoms with Crippen LogP contribution in [0.4, 0.5) is 5.69 Å². The standard InChI is InChI=1S/C16H23NO3/c1-2-10-20-15-5-3-4-14(11-15)17-13-8-6-12(7-9-13)16(18)19/h3-5,11-13,17H,2,6-10H2,1H3,(H,18,19). The molecule has 0 atom stereocenters. The molecule has 0 spiro atoms. The number of hydrogen-bond donors (Lipinski definition) is 2. The van der Waals surface area contributed by atoms with Gasteiger partial charge in [0.25, 0.3) is 0 Å². The molecule has 1 fully saturated rings. The van der Waals surface area contributed by atoms with E-state index in [1.807, 2.05) is 24.3 Å². The van der Waals surface area contributed by atoms with Crippen LogP contribution in [0.3, 0.4) is 0 Å². The third-order valence-electron chi connectivity index (χ3n) is 3.75. The molecule has 1 aromatic rings. The van der Waals surface area contributed by atoms with Gasteiger partial charge in [-0.3, -0.25) is 4.79 Å². The summed E-state index contributed by atoms with van der Waals surface area (Å²) in [6.45, 7) is 2.82. The Morgan fingerprint density at radius 1 is 1.35 bits per heavy atom. The summed E-state index contributed by atoms with van der Waals surface area (Å²) in [5, 5.41) is 12.5. The number of hydrogen-bond acceptors (Lipinski definition) is 3. The fourth-order valence-electron chi connectivity index (χ4n) is 2.62. The molecule has 0 heterocycles. The maximum Gasteiger partial charge on any atom is 0.306 e. The van der Waals surface area contributed by atoms with Gasteiger partial charge >= 0.3 is 5.97 Å². The summed E-state index contributed by atoms with van der Waals surface area (Å²) in [6, 6.07) is 8.35. The van der Waals surface area contributed by atoms with Crippen molar-refractivity contribution in [1.82, 2.24) is 0 Å². The van der Waals surface area contributed by atoms with Crippen LogP contribution in [0.2, 0.25) is 0 Å². The van der Waals surface area contributed by atoms with Gasteiger partial charge in [-0.2, -0.15) is 0 Å². The summed E-state index contributed by atoms with van der Waals surface area (Å²) in [5.74, 6) is 0.0711. The van der Waals surface area contributed by atoms with Gasteiger partial charge in [0.2, 0.25) is 0 Å². The predicted molar refractivity (Wildman–Crippen MR) is 79.2 cm³/mol. The van der Waals surface area contributed by atoms with E-state index in [9.17, 15) is 4.79 Å². The molecule has 1 aliphatic rings. The minimum absolute atomic E-state index is 0.160. The van der Waals surface area contributed by atoms with E-state index in [2.05, 4.69) is 12.2 Å². The van der Waals surface area contributed by atoms with Gasteiger partial charge in [0.1, 0.15) is 5.75 Å². The lowest BCUT2D eigenvalue weighted by Crippen LogP contribution is -2.29. The smallest absolute Gasteiger partial charge is 0.306 e. The lowest BCUT2D eigenvalue weighted by molar-refractivity contribution is -0.142. The van der Waals surface area contributed by atoms with Gasteiger partial charge < -0.3 is 15.2 Å². The summed E-state index contributed by atoms with van der Waals surface area (Å²) in [5.41, 5.74) is 1.05. The number of aliphatic carboxylic acids is 1. The normalized spacial score (nSPS) is 22.2. The highest BCUT2D eigenvalue weighted by Crippen LogP contribution is 2.27. The number of carbonyl (C=O) groups is 1. The molecule has 0 aromatic heterocycles. The first-order valence-corrected chi connectivity index (χ1v) is 7.41. The summed E-state index contributed by atoms with van der Waals surface area (Å²) in [4.78, 5) is 10.9. The number of ether oxygens (including phenoxy) is 1. The van der Waals surface area contributed by atoms with Gasteiger partial charge in [0.05, 0.1) is 12.5 Å². The Bertz CT molecular complexity index is 439. The first-order chi connectivity index (χ1) is 9.69. The molecule has 4 heteroatoms. The van der Waals surface area contributed by atoms with E-state index in [0.717, 1.165) is 50.1 Å². The second-order valence-electron chi connectivity index (χ2n) is 5.41. The first-order valence-electron chi connectivity index (χ1n) is 7.41. The second kappa shape index (κ2) is 7.17. The molecule has 0 bridgehead atoms. The number of nitrogens with one attached hydrogen (secondary N) is 1. The largest absolute Gasteiger partial charge is 0.494 e. The van der Waals surface area contributed by atoms with Crippen LogP contribution in [-0.2, 0) is 4.79 Å². The van der Waals surface area contributed by atoms with E-state index in [4.69, 9.17) is 9.84 Å². The highest BCUT2D eigenvalue weighted by Gasteiger charge is 2.25. The molecule has 4 nitrogen and oxygen atoms in total. The van der Waals surface area contributed by atoms with Gasteiger partial charge in [-0.15, -0.1) is 0 Å². The van der Waals surface area contributed by atoms with Crippen molar-refractivity contribution in [3.8, 4) is 5.75 Å². The van der Waals surface area contributed by atoms with Crippen molar-refractivity contribution in [2.45, 2.75) is 45.1 Å². The Hall–Kier alpha value is -1.71. The van der Waals surface area contributed by atoms with Gasteiger partial charge in [-0.05, 0) is 44.2 Å². The zero-order valence-electron chi connectivity index (χ0n) is 12.0. The monoisotopic (exact) mass is 277 g/mol. The molecule has 0 aliphatic heterocycles. The summed E-state index contributed by atoms with van der Waals surface area (Å²) in [7, 11) is 0. The van der Waals surface area contributed by atoms with Crippen LogP contribution >= 0.6 is 0 Å². The molecule has 2 N–H and O–H groups in total. The van der Waals surface area contributed by atoms with Crippen LogP contribution in [0, 0.1) is 5.92 Å². The van der Waals surface area contributed by atoms with Crippen molar-refractivity contribution in [1.29, 1.82) is 0 Å². The fourth-order valence-corrected chi connectivity index (χ4v) is 2.62. The third kappa shape index (κ3) is 4.15. The average molecular weight is 277 g/mol. The predicted octanol–water partition coefficient (Wildman–Crippen LogP) is 3.53. The maximum absolute atomic E-state index is 10.9. The van der Waals surface area contributed by atoms with Gasteiger partial charge in [-0.1, -0.05) is 13.0 Å². The fraction of sp³-hybridized carbons (Fsp3) is 0.562. The van der Waals surface area contributed by atoms with Crippen LogP contribution in [0.25, 0.3) is 0 Å². The zero-order chi connectivity index (χ0) is 14.4. The molecule has 0 saturated heterocycles. The van der Waals surface area contributed by atoms with Gasteiger partial charge in [0.15, 0.2) is 0 Å². The zero-order valence-corrected chi connectivity index (χ0v) is 12.0. The Balaban J connectivity index is 1.86. The van der Waals surface area contributed by atoms with Crippen LogP contribution in [-0.4, -0.2) is 23.7 Å². The highest BCUT2D eigenvalue weighted by atomic mass is 16.5. The molecule has 0 unspecified atom stereocenters. The number of carboxylic acids is 1. The van der Waals surface area contributed by atoms with Crippen molar-refractivity contribution in [2.75, 3.05) is 11.9 Å². The molecular weight excluding hydrogens is 254 g/mol. The van der Waals surface area contributed by atoms with Gasteiger partial charge in [-0.25, -0.2) is 0 Å². The average Bonchev–Trinajstić information content (AvgIpc) is 2.46. The van der Waals surface area contributed by atoms with Crippen LogP contribution in [0.5, 0.6) is 5.75 Å². The van der Waals surface area contributed by atoms with Gasteiger partial charge in [0, 0.05) is 17.8 Å². The lowest BCUT2D eigenvalue weighted by Gasteiger charge is -2.27. The van der Waals surface area contributed by atoms with Crippen molar-refractivity contribution < 1.29 is 14.6 Å². The Morgan fingerprint density at radius 3 is 2.75 bits per heavy atom. The number of benzene rings is 1. The van der Waals surface area contributed by atoms with E-state index in [0.29, 0.717) is 6.04 Å². The Kier molecular flexibility index (Phi) is 5.27. The third-order valence-corrected chi connectivity index (χ3v) is 3.75. The molecule has 0 radical (unpaired) electrons. The summed E-state index contributed by atoms with van der Waals surface area (Å²) in [6.07, 6.45) is 4.35. The minimum Gasteiger partial charge on any atom is -0.494 e. The summed E-state index contributed by atoms with van der Waals surface area (Å²) >= 11 is 0. The van der Waals surface area contributed by atoms with Crippen molar-refractivity contribution in [3.63, 3.8) is 0 Å². The molecule has 20 heavy (non-hydrogen) atoms. The second-order valence-corrected chi connectivity index (χ2v) is 5.41. The van der Waals surface area contributed by atoms with E-state index in [1.165, 1.54) is 0 Å². The number of carboxylic acid groups (broad SMARTS) is 1. The van der Waals surface area contributed by atoms with Crippen molar-refractivity contribution in [3.05, 3.63) is 24.3 Å². The number of anilines is 1. The Labute approximate surface area is 120 Å². The van der Waals surface area contributed by atoms with E-state index < -0.39 is 5.97 Å². The van der Waals surface area contributed by atoms with E-state index >= 15 is 0 Å². The molecule has 2 rings (SSSR count). The van der Waals surface area contributed by atoms with Crippen LogP contribution in [0.15, 0.2) is 24.3 Å². The van der Waals surface area contributed by atoms with Crippen LogP contribution < -0.4 is 10.1 Å². The minimum atomic E-state index is -0.654. The molecule has 1 aromatic carbocycles. The SMILES string of the molecule is CCCOc1cccc(NC2CCC(C(=O)O)CC2)c1. The van der Waals surface area contributed by atoms with E-state index in [1.54, 1.807) is 0 Å². The maximum atomic E-state index is 10.9. The van der Waals surface area contributed by atoms with Crippen molar-refractivity contribution in [2.24, 2.45) is 5.92 Å². The highest BCUT2D eigenvalue weighted by molar-refractivity contribution is 5.70. The molecule has 0 amide bonds. The van der Waals surface area contributed by atoms with E-state index in [-0.39, 0.29) is 5.92 Å². The Morgan fingerprint density at radius 2 is 2.10 bits per heavy atom. The molecule has 110 valence electrons. The summed E-state index contributed by atoms with van der Waals surface area (Å²) < 4.78 is 5.62. The van der Waals surface area contributed by atoms with Crippen LogP contribution in [0.1, 0.15) is 39.0 Å². The van der Waals surface area contributed by atoms with Crippen molar-refractivity contribution >= 4 is 11.7 Å². The quantitative estimate of drug-likeness (QED) is 0.835. The topological polar surface area (TPSA) is 58.6 Å². The number of rotatable bonds is 6. The molecule has 1 saturated carbocycles. The first kappa shape index (κ1) is 14.7. The molecular formula is C16H23NO3.